The van der Waals surface area contributed by atoms with E-state index < -0.39 is 0 Å². The Labute approximate surface area is 128 Å². The number of nitriles is 1. The van der Waals surface area contributed by atoms with Crippen LogP contribution in [0.15, 0.2) is 54.7 Å². The van der Waals surface area contributed by atoms with Crippen molar-refractivity contribution in [1.29, 1.82) is 5.26 Å². The second-order valence-corrected chi connectivity index (χ2v) is 5.01. The van der Waals surface area contributed by atoms with E-state index in [0.717, 1.165) is 22.0 Å². The van der Waals surface area contributed by atoms with E-state index in [-0.39, 0.29) is 19.0 Å². The van der Waals surface area contributed by atoms with Crippen molar-refractivity contribution < 1.29 is 9.53 Å². The molecule has 0 unspecified atom stereocenters. The fourth-order valence-electron chi connectivity index (χ4n) is 2.32. The first-order valence-corrected chi connectivity index (χ1v) is 6.96. The molecule has 0 radical (unpaired) electrons. The summed E-state index contributed by atoms with van der Waals surface area (Å²) >= 11 is 0. The van der Waals surface area contributed by atoms with Crippen molar-refractivity contribution in [2.75, 3.05) is 0 Å². The fraction of sp³-hybridized carbons (Fsp3) is 0.111. The van der Waals surface area contributed by atoms with Gasteiger partial charge < -0.3 is 9.72 Å². The number of nitrogens with one attached hydrogen (secondary N) is 1. The second-order valence-electron chi connectivity index (χ2n) is 5.01. The number of hydrogen-bond acceptors (Lipinski definition) is 3. The highest BCUT2D eigenvalue weighted by molar-refractivity contribution is 5.87. The first kappa shape index (κ1) is 13.9. The average Bonchev–Trinajstić information content (AvgIpc) is 2.97. The van der Waals surface area contributed by atoms with Gasteiger partial charge in [-0.25, -0.2) is 0 Å². The molecule has 0 saturated heterocycles. The molecular weight excluding hydrogens is 276 g/mol. The summed E-state index contributed by atoms with van der Waals surface area (Å²) in [5.74, 6) is -0.269. The maximum Gasteiger partial charge on any atom is 0.310 e. The van der Waals surface area contributed by atoms with Crippen molar-refractivity contribution >= 4 is 16.9 Å². The van der Waals surface area contributed by atoms with Gasteiger partial charge in [-0.05, 0) is 29.3 Å². The van der Waals surface area contributed by atoms with Crippen LogP contribution < -0.4 is 0 Å². The maximum absolute atomic E-state index is 12.0. The zero-order valence-electron chi connectivity index (χ0n) is 11.9. The lowest BCUT2D eigenvalue weighted by Gasteiger charge is -2.04. The minimum Gasteiger partial charge on any atom is -0.461 e. The first-order chi connectivity index (χ1) is 10.8. The van der Waals surface area contributed by atoms with Crippen molar-refractivity contribution in [3.63, 3.8) is 0 Å². The van der Waals surface area contributed by atoms with Gasteiger partial charge in [0.15, 0.2) is 0 Å². The van der Waals surface area contributed by atoms with Gasteiger partial charge in [-0.15, -0.1) is 0 Å². The van der Waals surface area contributed by atoms with Crippen LogP contribution in [0.25, 0.3) is 10.9 Å². The number of rotatable bonds is 4. The Morgan fingerprint density at radius 2 is 1.91 bits per heavy atom. The summed E-state index contributed by atoms with van der Waals surface area (Å²) in [6, 6.07) is 16.9. The van der Waals surface area contributed by atoms with Gasteiger partial charge in [0.05, 0.1) is 18.1 Å². The van der Waals surface area contributed by atoms with E-state index in [1.54, 1.807) is 24.3 Å². The zero-order valence-corrected chi connectivity index (χ0v) is 11.9. The minimum atomic E-state index is -0.269. The molecule has 1 heterocycles. The minimum absolute atomic E-state index is 0.215. The molecule has 0 aliphatic heterocycles. The molecule has 1 aromatic heterocycles. The fourth-order valence-corrected chi connectivity index (χ4v) is 2.32. The monoisotopic (exact) mass is 290 g/mol. The van der Waals surface area contributed by atoms with Crippen LogP contribution in [-0.4, -0.2) is 11.0 Å². The van der Waals surface area contributed by atoms with Crippen molar-refractivity contribution in [2.45, 2.75) is 13.0 Å². The standard InChI is InChI=1S/C18H14N2O2/c19-10-13-5-7-14(8-6-13)12-22-18(21)9-15-11-20-17-4-2-1-3-16(15)17/h1-8,11,20H,9,12H2. The Morgan fingerprint density at radius 1 is 1.14 bits per heavy atom. The Hall–Kier alpha value is -3.06. The van der Waals surface area contributed by atoms with Crippen LogP contribution in [0.5, 0.6) is 0 Å². The lowest BCUT2D eigenvalue weighted by Crippen LogP contribution is -2.07. The number of carbonyl (C=O) groups is 1. The molecule has 108 valence electrons. The van der Waals surface area contributed by atoms with E-state index in [2.05, 4.69) is 11.1 Å². The van der Waals surface area contributed by atoms with Crippen molar-refractivity contribution in [2.24, 2.45) is 0 Å². The number of H-pyrrole nitrogens is 1. The van der Waals surface area contributed by atoms with Crippen LogP contribution in [0.2, 0.25) is 0 Å². The molecule has 0 amide bonds. The molecule has 0 aliphatic rings. The van der Waals surface area contributed by atoms with Crippen molar-refractivity contribution in [3.8, 4) is 6.07 Å². The van der Waals surface area contributed by atoms with E-state index in [4.69, 9.17) is 10.00 Å². The van der Waals surface area contributed by atoms with Gasteiger partial charge in [-0.1, -0.05) is 30.3 Å². The quantitative estimate of drug-likeness (QED) is 0.749. The van der Waals surface area contributed by atoms with Gasteiger partial charge in [0, 0.05) is 17.1 Å². The summed E-state index contributed by atoms with van der Waals surface area (Å²) in [5.41, 5.74) is 3.40. The van der Waals surface area contributed by atoms with Gasteiger partial charge in [0.1, 0.15) is 6.61 Å². The van der Waals surface area contributed by atoms with Crippen LogP contribution >= 0.6 is 0 Å². The largest absolute Gasteiger partial charge is 0.461 e. The Kier molecular flexibility index (Phi) is 3.88. The average molecular weight is 290 g/mol. The van der Waals surface area contributed by atoms with E-state index in [1.807, 2.05) is 30.5 Å². The highest BCUT2D eigenvalue weighted by atomic mass is 16.5. The topological polar surface area (TPSA) is 65.9 Å². The normalized spacial score (nSPS) is 10.3. The van der Waals surface area contributed by atoms with Gasteiger partial charge >= 0.3 is 5.97 Å². The third-order valence-electron chi connectivity index (χ3n) is 3.49. The number of nitrogens with zero attached hydrogens (tertiary/aromatic N) is 1. The SMILES string of the molecule is N#Cc1ccc(COC(=O)Cc2c[nH]c3ccccc23)cc1. The van der Waals surface area contributed by atoms with Crippen LogP contribution in [0.3, 0.4) is 0 Å². The summed E-state index contributed by atoms with van der Waals surface area (Å²) in [5, 5.41) is 9.78. The predicted molar refractivity (Wildman–Crippen MR) is 83.0 cm³/mol. The molecule has 0 aliphatic carbocycles. The van der Waals surface area contributed by atoms with Gasteiger partial charge in [-0.2, -0.15) is 5.26 Å². The molecular formula is C18H14N2O2. The Bertz CT molecular complexity index is 841. The lowest BCUT2D eigenvalue weighted by molar-refractivity contribution is -0.144. The number of esters is 1. The van der Waals surface area contributed by atoms with Crippen molar-refractivity contribution in [1.82, 2.24) is 4.98 Å². The molecule has 0 spiro atoms. The van der Waals surface area contributed by atoms with Crippen LogP contribution in [-0.2, 0) is 22.6 Å². The molecule has 1 N–H and O–H groups in total. The number of aromatic amines is 1. The first-order valence-electron chi connectivity index (χ1n) is 6.96. The summed E-state index contributed by atoms with van der Waals surface area (Å²) < 4.78 is 5.29. The molecule has 22 heavy (non-hydrogen) atoms. The van der Waals surface area contributed by atoms with Gasteiger partial charge in [-0.3, -0.25) is 4.79 Å². The lowest BCUT2D eigenvalue weighted by atomic mass is 10.1. The molecule has 0 bridgehead atoms. The number of para-hydroxylation sites is 1. The number of carbonyl (C=O) groups excluding carboxylic acids is 1. The van der Waals surface area contributed by atoms with Gasteiger partial charge in [0.2, 0.25) is 0 Å². The van der Waals surface area contributed by atoms with Crippen LogP contribution in [0.4, 0.5) is 0 Å². The van der Waals surface area contributed by atoms with E-state index in [9.17, 15) is 4.79 Å². The number of ether oxygens (including phenoxy) is 1. The third-order valence-corrected chi connectivity index (χ3v) is 3.49. The molecule has 3 aromatic rings. The molecule has 4 heteroatoms. The van der Waals surface area contributed by atoms with E-state index >= 15 is 0 Å². The van der Waals surface area contributed by atoms with Crippen LogP contribution in [0.1, 0.15) is 16.7 Å². The number of benzene rings is 2. The second kappa shape index (κ2) is 6.15. The zero-order chi connectivity index (χ0) is 15.4. The molecule has 0 atom stereocenters. The number of aromatic nitrogens is 1. The van der Waals surface area contributed by atoms with E-state index in [1.165, 1.54) is 0 Å². The molecule has 4 nitrogen and oxygen atoms in total. The summed E-state index contributed by atoms with van der Waals surface area (Å²) in [7, 11) is 0. The summed E-state index contributed by atoms with van der Waals surface area (Å²) in [6.07, 6.45) is 2.08. The molecule has 0 fully saturated rings. The Balaban J connectivity index is 1.61. The highest BCUT2D eigenvalue weighted by Gasteiger charge is 2.09. The smallest absolute Gasteiger partial charge is 0.310 e. The third kappa shape index (κ3) is 2.99. The van der Waals surface area contributed by atoms with Crippen molar-refractivity contribution in [3.05, 3.63) is 71.4 Å². The molecule has 3 rings (SSSR count). The molecule has 0 saturated carbocycles. The predicted octanol–water partition coefficient (Wildman–Crippen LogP) is 3.33. The van der Waals surface area contributed by atoms with Gasteiger partial charge in [0.25, 0.3) is 0 Å². The maximum atomic E-state index is 12.0. The summed E-state index contributed by atoms with van der Waals surface area (Å²) in [6.45, 7) is 0.215. The molecule has 2 aromatic carbocycles. The van der Waals surface area contributed by atoms with E-state index in [0.29, 0.717) is 5.56 Å². The number of hydrogen-bond donors (Lipinski definition) is 1. The highest BCUT2D eigenvalue weighted by Crippen LogP contribution is 2.18. The summed E-state index contributed by atoms with van der Waals surface area (Å²) in [4.78, 5) is 15.1. The van der Waals surface area contributed by atoms with Crippen LogP contribution in [0, 0.1) is 11.3 Å². The number of fused-ring (bicyclic) bond motifs is 1. The Morgan fingerprint density at radius 3 is 2.68 bits per heavy atom.